The summed E-state index contributed by atoms with van der Waals surface area (Å²) in [4.78, 5) is 5.50. The van der Waals surface area contributed by atoms with Crippen LogP contribution in [0.1, 0.15) is 56.6 Å². The molecule has 4 rings (SSSR count). The molecule has 132 heavy (non-hydrogen) atoms. The molecule has 0 bridgehead atoms. The Kier molecular flexibility index (Phi) is 27.8. The van der Waals surface area contributed by atoms with Crippen LogP contribution in [0, 0.1) is 0 Å². The zero-order chi connectivity index (χ0) is 106. The first-order valence-corrected chi connectivity index (χ1v) is 30.9. The fraction of sp³-hybridized carbons (Fsp3) is 0.567. The third-order valence-electron chi connectivity index (χ3n) is 17.9. The van der Waals surface area contributed by atoms with Crippen molar-refractivity contribution in [2.75, 3.05) is 0 Å². The number of benzene rings is 4. The van der Waals surface area contributed by atoms with Crippen molar-refractivity contribution in [2.45, 2.75) is 203 Å². The van der Waals surface area contributed by atoms with E-state index in [0.717, 1.165) is 0 Å². The number of alkyl halides is 68. The van der Waals surface area contributed by atoms with Gasteiger partial charge in [0.05, 0.1) is 11.1 Å². The third-order valence-corrected chi connectivity index (χ3v) is 17.9. The van der Waals surface area contributed by atoms with Gasteiger partial charge in [-0.05, 0) is 35.4 Å². The predicted molar refractivity (Wildman–Crippen MR) is 288 cm³/mol. The predicted octanol–water partition coefficient (Wildman–Crippen LogP) is 28.0. The van der Waals surface area contributed by atoms with Crippen molar-refractivity contribution in [1.82, 2.24) is 0 Å². The van der Waals surface area contributed by atoms with Crippen LogP contribution in [0.2, 0.25) is 0 Å². The van der Waals surface area contributed by atoms with Gasteiger partial charge in [-0.25, -0.2) is 0 Å². The van der Waals surface area contributed by atoms with Gasteiger partial charge in [-0.3, -0.25) is 9.98 Å². The van der Waals surface area contributed by atoms with E-state index < -0.39 is 295 Å². The maximum atomic E-state index is 16.3. The van der Waals surface area contributed by atoms with Crippen LogP contribution in [0.4, 0.5) is 299 Å². The first-order chi connectivity index (χ1) is 57.2. The topological polar surface area (TPSA) is 65.2 Å². The van der Waals surface area contributed by atoms with E-state index in [4.69, 9.17) is 0 Å². The molecule has 4 nitrogen and oxygen atoms in total. The highest BCUT2D eigenvalue weighted by molar-refractivity contribution is 5.86. The first-order valence-electron chi connectivity index (χ1n) is 30.9. The largest absolute Gasteiger partial charge is 0.507 e. The van der Waals surface area contributed by atoms with Gasteiger partial charge in [-0.15, -0.1) is 0 Å². The Morgan fingerprint density at radius 1 is 0.182 bits per heavy atom. The Labute approximate surface area is 674 Å². The first kappa shape index (κ1) is 115. The number of nitrogens with zero attached hydrogens (tertiary/aromatic N) is 2. The summed E-state index contributed by atoms with van der Waals surface area (Å²) in [5, 5.41) is 21.6. The van der Waals surface area contributed by atoms with E-state index in [-0.39, 0.29) is 48.5 Å². The van der Waals surface area contributed by atoms with Crippen LogP contribution in [0.15, 0.2) is 94.9 Å². The van der Waals surface area contributed by atoms with Crippen LogP contribution in [-0.4, -0.2) is 189 Å². The Morgan fingerprint density at radius 2 is 0.326 bits per heavy atom. The molecule has 0 aliphatic carbocycles. The number of halogens is 68. The third kappa shape index (κ3) is 15.4. The molecular weight excluding hydrogens is 2070 g/mol. The molecule has 0 spiro atoms. The molecule has 0 aliphatic rings. The van der Waals surface area contributed by atoms with Crippen LogP contribution in [0.5, 0.6) is 11.5 Å². The van der Waals surface area contributed by atoms with Crippen molar-refractivity contribution in [3.63, 3.8) is 0 Å². The van der Waals surface area contributed by atoms with E-state index >= 15 is 105 Å². The lowest BCUT2D eigenvalue weighted by Crippen LogP contribution is -2.74. The Morgan fingerprint density at radius 3 is 0.485 bits per heavy atom. The number of rotatable bonds is 35. The molecule has 0 amide bonds. The fourth-order valence-corrected chi connectivity index (χ4v) is 10.0. The lowest BCUT2D eigenvalue weighted by molar-refractivity contribution is -0.463. The minimum absolute atomic E-state index is 0.0163. The molecular formula is C60H20F68N2O2. The zero-order valence-electron chi connectivity index (χ0n) is 58.9. The maximum absolute atomic E-state index is 16.3. The smallest absolute Gasteiger partial charge is 0.460 e. The van der Waals surface area contributed by atoms with Crippen molar-refractivity contribution in [2.24, 2.45) is 9.98 Å². The normalized spacial score (nSPS) is 16.7. The molecule has 0 radical (unpaired) electrons. The van der Waals surface area contributed by atoms with Crippen molar-refractivity contribution in [1.29, 1.82) is 0 Å². The van der Waals surface area contributed by atoms with Crippen molar-refractivity contribution in [3.8, 4) is 11.5 Å². The van der Waals surface area contributed by atoms with Gasteiger partial charge < -0.3 is 10.2 Å². The van der Waals surface area contributed by atoms with Gasteiger partial charge in [0, 0.05) is 34.7 Å². The maximum Gasteiger partial charge on any atom is 0.460 e. The lowest BCUT2D eigenvalue weighted by atomic mass is 9.84. The van der Waals surface area contributed by atoms with Crippen molar-refractivity contribution < 1.29 is 309 Å². The number of phenols is 2. The molecule has 2 N–H and O–H groups in total. The Hall–Kier alpha value is -8.94. The average molecular weight is 2090 g/mol. The summed E-state index contributed by atoms with van der Waals surface area (Å²) in [6.45, 7) is 0. The SMILES string of the molecule is Oc1c(C=N[C@@H](c2ccccc2)[C@@H](N=Cc2cc(C(F)(F)C(F)(F)C(F)(F)C(F)(F)C(F)(F)C(F)(F)C(F)(F)C(F)(F)F)cc(C(F)(F)C(F)(F)C(F)(F)C(F)(F)C(F)(F)C(F)(F)C(F)(F)C(F)(F)F)c2O)c2ccccc2)cc(C(F)(F)C(F)(F)C(F)(F)C(F)(F)C(F)(F)C(F)(F)C(F)(F)C(F)(F)F)cc1C(F)(F)C(F)(F)C(F)(F)C(F)(F)C(F)(F)C(F)(F)C(F)(F)C(F)(F)F. The second kappa shape index (κ2) is 31.8. The van der Waals surface area contributed by atoms with Crippen LogP contribution < -0.4 is 0 Å². The fourth-order valence-electron chi connectivity index (χ4n) is 10.0. The Balaban J connectivity index is 2.48. The minimum Gasteiger partial charge on any atom is -0.507 e. The van der Waals surface area contributed by atoms with Crippen LogP contribution in [0.25, 0.3) is 0 Å². The number of phenolic OH excluding ortho intramolecular Hbond substituents is 2. The monoisotopic (exact) mass is 2090 g/mol. The van der Waals surface area contributed by atoms with Gasteiger partial charge in [0.2, 0.25) is 0 Å². The molecule has 4 aromatic carbocycles. The van der Waals surface area contributed by atoms with E-state index in [0.29, 0.717) is 12.1 Å². The van der Waals surface area contributed by atoms with E-state index in [2.05, 4.69) is 9.98 Å². The molecule has 0 aromatic heterocycles. The molecule has 0 fully saturated rings. The second-order valence-corrected chi connectivity index (χ2v) is 26.3. The highest BCUT2D eigenvalue weighted by Crippen LogP contribution is 2.73. The van der Waals surface area contributed by atoms with Gasteiger partial charge in [-0.2, -0.15) is 299 Å². The molecule has 0 unspecified atom stereocenters. The number of aromatic hydroxyl groups is 2. The minimum atomic E-state index is -10.1. The molecule has 0 heterocycles. The summed E-state index contributed by atoms with van der Waals surface area (Å²) in [6, 6.07) is -16.2. The van der Waals surface area contributed by atoms with Crippen molar-refractivity contribution in [3.05, 3.63) is 129 Å². The molecule has 4 aromatic rings. The lowest BCUT2D eigenvalue weighted by Gasteiger charge is -2.43. The number of hydrogen-bond donors (Lipinski definition) is 2. The molecule has 758 valence electrons. The molecule has 0 aliphatic heterocycles. The van der Waals surface area contributed by atoms with E-state index in [1.54, 1.807) is 0 Å². The zero-order valence-corrected chi connectivity index (χ0v) is 58.9. The van der Waals surface area contributed by atoms with Gasteiger partial charge in [0.15, 0.2) is 0 Å². The van der Waals surface area contributed by atoms with Gasteiger partial charge >= 0.3 is 191 Å². The van der Waals surface area contributed by atoms with Gasteiger partial charge in [-0.1, -0.05) is 60.7 Å². The second-order valence-electron chi connectivity index (χ2n) is 26.3. The van der Waals surface area contributed by atoms with E-state index in [1.807, 2.05) is 0 Å². The highest BCUT2D eigenvalue weighted by Gasteiger charge is 3.01. The van der Waals surface area contributed by atoms with Gasteiger partial charge in [0.1, 0.15) is 23.6 Å². The van der Waals surface area contributed by atoms with Crippen LogP contribution in [0.3, 0.4) is 0 Å². The molecule has 72 heteroatoms. The summed E-state index contributed by atoms with van der Waals surface area (Å²) in [5.74, 6) is -279. The summed E-state index contributed by atoms with van der Waals surface area (Å²) < 4.78 is 990. The molecule has 0 saturated heterocycles. The van der Waals surface area contributed by atoms with E-state index in [9.17, 15) is 203 Å². The quantitative estimate of drug-likeness (QED) is 0.0356. The summed E-state index contributed by atoms with van der Waals surface area (Å²) in [6.07, 6.45) is -37.9. The molecule has 0 saturated carbocycles. The highest BCUT2D eigenvalue weighted by atomic mass is 19.5. The summed E-state index contributed by atoms with van der Waals surface area (Å²) in [5.41, 5.74) is -30.8. The number of hydrogen-bond acceptors (Lipinski definition) is 4. The summed E-state index contributed by atoms with van der Waals surface area (Å²) >= 11 is 0. The Bertz CT molecular complexity index is 4560. The standard InChI is InChI=1S/C60H20F68N2O2/c61-29(62,33(69,70)37(77,78)41(85,86)45(93,94)49(101,102)53(109,110)57(117,118)119)21-11-19(27(131)23(13-21)31(65,66)35(73,74)39(81,82)43(89,90)47(97,98)51(105,106)55(113,114)59(123,124)125)15-129-25(17-7-3-1-4-8-17)26(18-9-5-2-6-10-18)130-16-20-12-22(30(63,64)34(71,72)38(79,80)42(87,88)46(95,96)50(103,104)54(111,112)58(120,121)122)14-24(28(20)132)32(67,68)36(75,76)40(83,84)44(91,92)48(99,100)52(107,108)56(115,116)60(126,127)128/h1-16,25-26,131-132H/t25-,26-/m0/s1. The van der Waals surface area contributed by atoms with Gasteiger partial charge in [0.25, 0.3) is 0 Å². The van der Waals surface area contributed by atoms with E-state index in [1.165, 1.54) is 0 Å². The summed E-state index contributed by atoms with van der Waals surface area (Å²) in [7, 11) is 0. The number of aliphatic imine (C=N–C) groups is 2. The average Bonchev–Trinajstić information content (AvgIpc) is 0.696. The van der Waals surface area contributed by atoms with Crippen LogP contribution in [-0.2, 0) is 23.7 Å². The van der Waals surface area contributed by atoms with Crippen molar-refractivity contribution >= 4 is 12.4 Å². The van der Waals surface area contributed by atoms with Crippen LogP contribution >= 0.6 is 0 Å². The molecule has 2 atom stereocenters.